The zero-order valence-electron chi connectivity index (χ0n) is 45.2. The SMILES string of the molecule is CCCCCCC/C=C\C/C=C\CCCCCCCCCCCCCCCCCC(=O)NC(CO)C(O)/C=C/CC/C=C/CC/C=C/CCCCCCCCCCCCCCCCCCCC. The fraction of sp³-hybridized carbons (Fsp3) is 0.825. The number of nitrogens with one attached hydrogen (secondary N) is 1. The van der Waals surface area contributed by atoms with Crippen molar-refractivity contribution in [2.75, 3.05) is 6.61 Å². The van der Waals surface area contributed by atoms with Crippen LogP contribution in [0.4, 0.5) is 0 Å². The highest BCUT2D eigenvalue weighted by atomic mass is 16.3. The molecule has 0 aliphatic heterocycles. The Kier molecular flexibility index (Phi) is 56.7. The van der Waals surface area contributed by atoms with Crippen LogP contribution in [0.1, 0.15) is 316 Å². The van der Waals surface area contributed by atoms with E-state index in [0.29, 0.717) is 6.42 Å². The van der Waals surface area contributed by atoms with E-state index >= 15 is 0 Å². The number of amides is 1. The number of hydrogen-bond donors (Lipinski definition) is 3. The first-order valence-corrected chi connectivity index (χ1v) is 30.0. The van der Waals surface area contributed by atoms with E-state index in [1.54, 1.807) is 6.08 Å². The Balaban J connectivity index is 3.54. The van der Waals surface area contributed by atoms with Crippen LogP contribution in [0.15, 0.2) is 60.8 Å². The lowest BCUT2D eigenvalue weighted by atomic mass is 10.0. The summed E-state index contributed by atoms with van der Waals surface area (Å²) in [5.41, 5.74) is 0. The van der Waals surface area contributed by atoms with Gasteiger partial charge in [-0.3, -0.25) is 4.79 Å². The molecule has 1 amide bonds. The summed E-state index contributed by atoms with van der Waals surface area (Å²) in [4.78, 5) is 12.5. The molecule has 2 atom stereocenters. The van der Waals surface area contributed by atoms with Crippen molar-refractivity contribution in [2.45, 2.75) is 328 Å². The van der Waals surface area contributed by atoms with E-state index in [4.69, 9.17) is 0 Å². The van der Waals surface area contributed by atoms with Crippen LogP contribution in [0, 0.1) is 0 Å². The van der Waals surface area contributed by atoms with Crippen LogP contribution in [-0.4, -0.2) is 34.9 Å². The van der Waals surface area contributed by atoms with Gasteiger partial charge in [0.2, 0.25) is 5.91 Å². The Morgan fingerprint density at radius 1 is 0.358 bits per heavy atom. The molecule has 0 aliphatic carbocycles. The van der Waals surface area contributed by atoms with Gasteiger partial charge in [-0.1, -0.05) is 293 Å². The van der Waals surface area contributed by atoms with Crippen molar-refractivity contribution >= 4 is 5.91 Å². The van der Waals surface area contributed by atoms with Crippen LogP contribution in [0.3, 0.4) is 0 Å². The number of allylic oxidation sites excluding steroid dienone is 9. The topological polar surface area (TPSA) is 69.6 Å². The summed E-state index contributed by atoms with van der Waals surface area (Å²) >= 11 is 0. The first-order valence-electron chi connectivity index (χ1n) is 30.0. The van der Waals surface area contributed by atoms with Crippen LogP contribution in [0.5, 0.6) is 0 Å². The molecule has 0 spiro atoms. The van der Waals surface area contributed by atoms with Gasteiger partial charge in [0.15, 0.2) is 0 Å². The lowest BCUT2D eigenvalue weighted by Crippen LogP contribution is -2.45. The van der Waals surface area contributed by atoms with Gasteiger partial charge in [0.1, 0.15) is 0 Å². The van der Waals surface area contributed by atoms with Gasteiger partial charge in [-0.2, -0.15) is 0 Å². The highest BCUT2D eigenvalue weighted by Crippen LogP contribution is 2.17. The third kappa shape index (κ3) is 54.9. The Hall–Kier alpha value is -1.91. The maximum Gasteiger partial charge on any atom is 0.220 e. The van der Waals surface area contributed by atoms with Gasteiger partial charge < -0.3 is 15.5 Å². The number of carbonyl (C=O) groups excluding carboxylic acids is 1. The van der Waals surface area contributed by atoms with Gasteiger partial charge in [0, 0.05) is 6.42 Å². The van der Waals surface area contributed by atoms with Crippen molar-refractivity contribution in [3.8, 4) is 0 Å². The smallest absolute Gasteiger partial charge is 0.220 e. The quantitative estimate of drug-likeness (QED) is 0.0420. The van der Waals surface area contributed by atoms with E-state index in [2.05, 4.69) is 67.8 Å². The molecule has 3 N–H and O–H groups in total. The molecule has 4 heteroatoms. The van der Waals surface area contributed by atoms with Gasteiger partial charge in [-0.05, 0) is 77.0 Å². The summed E-state index contributed by atoms with van der Waals surface area (Å²) in [7, 11) is 0. The van der Waals surface area contributed by atoms with E-state index in [1.807, 2.05) is 6.08 Å². The second-order valence-electron chi connectivity index (χ2n) is 20.4. The molecule has 4 nitrogen and oxygen atoms in total. The molecule has 0 bridgehead atoms. The molecule has 0 saturated carbocycles. The van der Waals surface area contributed by atoms with E-state index in [1.165, 1.54) is 250 Å². The highest BCUT2D eigenvalue weighted by Gasteiger charge is 2.18. The molecule has 0 heterocycles. The average Bonchev–Trinajstić information content (AvgIpc) is 3.33. The lowest BCUT2D eigenvalue weighted by Gasteiger charge is -2.19. The zero-order valence-corrected chi connectivity index (χ0v) is 45.2. The summed E-state index contributed by atoms with van der Waals surface area (Å²) in [6.07, 6.45) is 82.6. The van der Waals surface area contributed by atoms with E-state index in [0.717, 1.165) is 44.9 Å². The fourth-order valence-corrected chi connectivity index (χ4v) is 9.13. The minimum absolute atomic E-state index is 0.0755. The van der Waals surface area contributed by atoms with Crippen molar-refractivity contribution < 1.29 is 15.0 Å². The normalized spacial score (nSPS) is 13.2. The fourth-order valence-electron chi connectivity index (χ4n) is 9.13. The molecule has 0 saturated heterocycles. The summed E-state index contributed by atoms with van der Waals surface area (Å²) in [5, 5.41) is 23.2. The van der Waals surface area contributed by atoms with Crippen molar-refractivity contribution in [2.24, 2.45) is 0 Å². The van der Waals surface area contributed by atoms with E-state index < -0.39 is 12.1 Å². The lowest BCUT2D eigenvalue weighted by molar-refractivity contribution is -0.123. The molecule has 67 heavy (non-hydrogen) atoms. The predicted molar refractivity (Wildman–Crippen MR) is 299 cm³/mol. The molecule has 0 aromatic carbocycles. The number of carbonyl (C=O) groups is 1. The van der Waals surface area contributed by atoms with Crippen LogP contribution in [0.2, 0.25) is 0 Å². The average molecular weight is 937 g/mol. The third-order valence-corrected chi connectivity index (χ3v) is 13.7. The van der Waals surface area contributed by atoms with Crippen molar-refractivity contribution in [3.63, 3.8) is 0 Å². The van der Waals surface area contributed by atoms with Crippen molar-refractivity contribution in [3.05, 3.63) is 60.8 Å². The van der Waals surface area contributed by atoms with Gasteiger partial charge in [-0.15, -0.1) is 0 Å². The van der Waals surface area contributed by atoms with E-state index in [-0.39, 0.29) is 12.5 Å². The third-order valence-electron chi connectivity index (χ3n) is 13.7. The number of hydrogen-bond acceptors (Lipinski definition) is 3. The van der Waals surface area contributed by atoms with Crippen LogP contribution in [-0.2, 0) is 4.79 Å². The van der Waals surface area contributed by atoms with Crippen LogP contribution >= 0.6 is 0 Å². The van der Waals surface area contributed by atoms with Crippen LogP contribution in [0.25, 0.3) is 0 Å². The second kappa shape index (κ2) is 58.4. The Morgan fingerprint density at radius 3 is 0.955 bits per heavy atom. The molecule has 0 aliphatic rings. The molecule has 0 radical (unpaired) electrons. The second-order valence-corrected chi connectivity index (χ2v) is 20.4. The minimum atomic E-state index is -0.873. The molecule has 392 valence electrons. The first-order chi connectivity index (χ1) is 33.2. The maximum atomic E-state index is 12.5. The summed E-state index contributed by atoms with van der Waals surface area (Å²) in [6, 6.07) is -0.648. The molecule has 2 unspecified atom stereocenters. The summed E-state index contributed by atoms with van der Waals surface area (Å²) < 4.78 is 0. The Bertz CT molecular complexity index is 1110. The zero-order chi connectivity index (χ0) is 48.5. The molecule has 0 rings (SSSR count). The number of unbranched alkanes of at least 4 members (excludes halogenated alkanes) is 40. The standard InChI is InChI=1S/C63H117NO3/c1-3-5-7-9-11-13-15-17-19-21-23-25-27-29-31-33-34-36-38-40-42-44-46-48-50-52-54-56-58-62(66)61(60-65)64-63(67)59-57-55-53-51-49-47-45-43-41-39-37-35-32-30-28-26-24-22-20-18-16-14-12-10-8-6-4-2/h16,18,22,24,40,42,48,50,56,58,61-62,65-66H,3-15,17,19-21,23,25-39,41,43-47,49,51-55,57,59-60H2,1-2H3,(H,64,67)/b18-16-,24-22-,42-40+,50-48+,58-56+. The summed E-state index contributed by atoms with van der Waals surface area (Å²) in [6.45, 7) is 4.31. The van der Waals surface area contributed by atoms with Gasteiger partial charge in [-0.25, -0.2) is 0 Å². The van der Waals surface area contributed by atoms with Crippen molar-refractivity contribution in [1.82, 2.24) is 5.32 Å². The van der Waals surface area contributed by atoms with E-state index in [9.17, 15) is 15.0 Å². The number of aliphatic hydroxyl groups excluding tert-OH is 2. The largest absolute Gasteiger partial charge is 0.394 e. The van der Waals surface area contributed by atoms with Gasteiger partial charge in [0.05, 0.1) is 18.8 Å². The Morgan fingerprint density at radius 2 is 0.627 bits per heavy atom. The minimum Gasteiger partial charge on any atom is -0.394 e. The van der Waals surface area contributed by atoms with Gasteiger partial charge >= 0.3 is 0 Å². The van der Waals surface area contributed by atoms with Crippen molar-refractivity contribution in [1.29, 1.82) is 0 Å². The number of aliphatic hydroxyl groups is 2. The monoisotopic (exact) mass is 936 g/mol. The predicted octanol–water partition coefficient (Wildman–Crippen LogP) is 20.0. The Labute approximate surface area is 419 Å². The number of rotatable bonds is 55. The first kappa shape index (κ1) is 65.1. The molecular formula is C63H117NO3. The van der Waals surface area contributed by atoms with Crippen LogP contribution < -0.4 is 5.32 Å². The molecular weight excluding hydrogens is 819 g/mol. The molecule has 0 aromatic rings. The maximum absolute atomic E-state index is 12.5. The highest BCUT2D eigenvalue weighted by molar-refractivity contribution is 5.76. The molecule has 0 fully saturated rings. The molecule has 0 aromatic heterocycles. The summed E-state index contributed by atoms with van der Waals surface area (Å²) in [5.74, 6) is -0.0755. The van der Waals surface area contributed by atoms with Gasteiger partial charge in [0.25, 0.3) is 0 Å².